The zero-order chi connectivity index (χ0) is 15.6. The van der Waals surface area contributed by atoms with Crippen LogP contribution in [0.3, 0.4) is 0 Å². The van der Waals surface area contributed by atoms with Crippen molar-refractivity contribution in [3.05, 3.63) is 69.4 Å². The Morgan fingerprint density at radius 3 is 2.52 bits per heavy atom. The van der Waals surface area contributed by atoms with E-state index in [1.54, 1.807) is 25.1 Å². The molecule has 2 aromatic rings. The van der Waals surface area contributed by atoms with Crippen LogP contribution in [0.1, 0.15) is 28.9 Å². The van der Waals surface area contributed by atoms with E-state index in [9.17, 15) is 18.0 Å². The maximum atomic E-state index is 13.5. The van der Waals surface area contributed by atoms with Crippen molar-refractivity contribution in [2.75, 3.05) is 0 Å². The molecule has 0 fully saturated rings. The first-order valence-electron chi connectivity index (χ1n) is 6.10. The third-order valence-electron chi connectivity index (χ3n) is 2.98. The third kappa shape index (κ3) is 3.44. The zero-order valence-electron chi connectivity index (χ0n) is 11.0. The summed E-state index contributed by atoms with van der Waals surface area (Å²) in [7, 11) is 0. The van der Waals surface area contributed by atoms with Crippen LogP contribution in [0, 0.1) is 17.5 Å². The van der Waals surface area contributed by atoms with Gasteiger partial charge in [0, 0.05) is 4.47 Å². The van der Waals surface area contributed by atoms with Crippen LogP contribution in [0.15, 0.2) is 40.9 Å². The number of benzene rings is 2. The lowest BCUT2D eigenvalue weighted by atomic mass is 10.1. The number of carbonyl (C=O) groups excluding carboxylic acids is 1. The van der Waals surface area contributed by atoms with Crippen LogP contribution >= 0.6 is 15.9 Å². The fourth-order valence-corrected chi connectivity index (χ4v) is 2.25. The van der Waals surface area contributed by atoms with Crippen molar-refractivity contribution < 1.29 is 18.0 Å². The minimum Gasteiger partial charge on any atom is -0.345 e. The van der Waals surface area contributed by atoms with Gasteiger partial charge in [0.2, 0.25) is 0 Å². The summed E-state index contributed by atoms with van der Waals surface area (Å²) in [5.41, 5.74) is 0.261. The quantitative estimate of drug-likeness (QED) is 0.812. The van der Waals surface area contributed by atoms with Gasteiger partial charge in [-0.05, 0) is 36.8 Å². The number of amides is 1. The van der Waals surface area contributed by atoms with Crippen molar-refractivity contribution >= 4 is 21.8 Å². The Morgan fingerprint density at radius 2 is 1.86 bits per heavy atom. The van der Waals surface area contributed by atoms with Crippen LogP contribution < -0.4 is 5.32 Å². The van der Waals surface area contributed by atoms with Gasteiger partial charge in [-0.2, -0.15) is 0 Å². The topological polar surface area (TPSA) is 29.1 Å². The molecule has 0 saturated heterocycles. The molecule has 0 aliphatic rings. The lowest BCUT2D eigenvalue weighted by Crippen LogP contribution is -2.27. The van der Waals surface area contributed by atoms with E-state index >= 15 is 0 Å². The van der Waals surface area contributed by atoms with Gasteiger partial charge >= 0.3 is 0 Å². The van der Waals surface area contributed by atoms with Crippen LogP contribution in [-0.4, -0.2) is 5.91 Å². The van der Waals surface area contributed by atoms with Gasteiger partial charge in [0.05, 0.1) is 11.6 Å². The van der Waals surface area contributed by atoms with E-state index < -0.39 is 35.0 Å². The van der Waals surface area contributed by atoms with Crippen molar-refractivity contribution in [3.8, 4) is 0 Å². The number of rotatable bonds is 3. The smallest absolute Gasteiger partial charge is 0.254 e. The van der Waals surface area contributed by atoms with Crippen molar-refractivity contribution in [1.82, 2.24) is 5.32 Å². The van der Waals surface area contributed by atoms with E-state index in [4.69, 9.17) is 0 Å². The second-order valence-electron chi connectivity index (χ2n) is 4.47. The first kappa shape index (κ1) is 15.6. The molecule has 0 saturated carbocycles. The summed E-state index contributed by atoms with van der Waals surface area (Å²) in [6, 6.07) is 8.42. The third-order valence-corrected chi connectivity index (χ3v) is 3.47. The number of hydrogen-bond acceptors (Lipinski definition) is 1. The molecule has 1 N–H and O–H groups in total. The highest BCUT2D eigenvalue weighted by Gasteiger charge is 2.20. The van der Waals surface area contributed by atoms with E-state index in [0.717, 1.165) is 22.2 Å². The molecule has 1 amide bonds. The Morgan fingerprint density at radius 1 is 1.14 bits per heavy atom. The highest BCUT2D eigenvalue weighted by Crippen LogP contribution is 2.20. The predicted molar refractivity (Wildman–Crippen MR) is 76.3 cm³/mol. The van der Waals surface area contributed by atoms with Gasteiger partial charge in [0.25, 0.3) is 5.91 Å². The average molecular weight is 358 g/mol. The SMILES string of the molecule is C[C@H](NC(=O)c1ccc(F)c(F)c1F)c1cccc(Br)c1. The Balaban J connectivity index is 2.20. The van der Waals surface area contributed by atoms with Crippen molar-refractivity contribution in [3.63, 3.8) is 0 Å². The molecule has 21 heavy (non-hydrogen) atoms. The average Bonchev–Trinajstić information content (AvgIpc) is 2.44. The molecule has 2 rings (SSSR count). The van der Waals surface area contributed by atoms with Crippen molar-refractivity contribution in [1.29, 1.82) is 0 Å². The molecule has 0 aromatic heterocycles. The van der Waals surface area contributed by atoms with Gasteiger partial charge in [0.1, 0.15) is 0 Å². The van der Waals surface area contributed by atoms with Crippen molar-refractivity contribution in [2.45, 2.75) is 13.0 Å². The number of hydrogen-bond donors (Lipinski definition) is 1. The molecule has 0 radical (unpaired) electrons. The second kappa shape index (κ2) is 6.30. The van der Waals surface area contributed by atoms with E-state index in [1.807, 2.05) is 6.07 Å². The van der Waals surface area contributed by atoms with Gasteiger partial charge < -0.3 is 5.32 Å². The maximum absolute atomic E-state index is 13.5. The highest BCUT2D eigenvalue weighted by atomic mass is 79.9. The normalized spacial score (nSPS) is 12.0. The predicted octanol–water partition coefficient (Wildman–Crippen LogP) is 4.36. The molecule has 0 bridgehead atoms. The van der Waals surface area contributed by atoms with Crippen molar-refractivity contribution in [2.24, 2.45) is 0 Å². The molecule has 0 aliphatic carbocycles. The molecule has 2 nitrogen and oxygen atoms in total. The largest absolute Gasteiger partial charge is 0.345 e. The van der Waals surface area contributed by atoms with Crippen LogP contribution in [0.25, 0.3) is 0 Å². The summed E-state index contributed by atoms with van der Waals surface area (Å²) in [5, 5.41) is 2.54. The first-order chi connectivity index (χ1) is 9.90. The molecule has 1 atom stereocenters. The minimum absolute atomic E-state index is 0.414. The van der Waals surface area contributed by atoms with E-state index in [1.165, 1.54) is 0 Å². The summed E-state index contributed by atoms with van der Waals surface area (Å²) >= 11 is 3.31. The number of halogens is 4. The Kier molecular flexibility index (Phi) is 4.67. The Hall–Kier alpha value is -1.82. The number of nitrogens with one attached hydrogen (secondary N) is 1. The summed E-state index contributed by atoms with van der Waals surface area (Å²) in [5.74, 6) is -5.28. The molecule has 0 unspecified atom stereocenters. The fourth-order valence-electron chi connectivity index (χ4n) is 1.83. The molecule has 6 heteroatoms. The van der Waals surface area contributed by atoms with Gasteiger partial charge in [-0.1, -0.05) is 28.1 Å². The van der Waals surface area contributed by atoms with E-state index in [2.05, 4.69) is 21.2 Å². The zero-order valence-corrected chi connectivity index (χ0v) is 12.5. The standard InChI is InChI=1S/C15H11BrF3NO/c1-8(9-3-2-4-10(16)7-9)20-15(21)11-5-6-12(17)14(19)13(11)18/h2-8H,1H3,(H,20,21)/t8-/m0/s1. The monoisotopic (exact) mass is 357 g/mol. The Bertz CT molecular complexity index is 691. The lowest BCUT2D eigenvalue weighted by molar-refractivity contribution is 0.0934. The van der Waals surface area contributed by atoms with E-state index in [-0.39, 0.29) is 0 Å². The van der Waals surface area contributed by atoms with Gasteiger partial charge in [-0.15, -0.1) is 0 Å². The summed E-state index contributed by atoms with van der Waals surface area (Å²) in [6.45, 7) is 1.71. The fraction of sp³-hybridized carbons (Fsp3) is 0.133. The molecule has 0 aliphatic heterocycles. The minimum atomic E-state index is -1.65. The highest BCUT2D eigenvalue weighted by molar-refractivity contribution is 9.10. The maximum Gasteiger partial charge on any atom is 0.254 e. The molecule has 110 valence electrons. The first-order valence-corrected chi connectivity index (χ1v) is 6.89. The second-order valence-corrected chi connectivity index (χ2v) is 5.39. The molecular weight excluding hydrogens is 347 g/mol. The molecule has 0 spiro atoms. The lowest BCUT2D eigenvalue weighted by Gasteiger charge is -2.15. The van der Waals surface area contributed by atoms with Crippen LogP contribution in [0.5, 0.6) is 0 Å². The molecule has 2 aromatic carbocycles. The molecular formula is C15H11BrF3NO. The van der Waals surface area contributed by atoms with Crippen LogP contribution in [-0.2, 0) is 0 Å². The summed E-state index contributed by atoms with van der Waals surface area (Å²) < 4.78 is 40.4. The van der Waals surface area contributed by atoms with Crippen LogP contribution in [0.2, 0.25) is 0 Å². The Labute approximate surface area is 128 Å². The van der Waals surface area contributed by atoms with Gasteiger partial charge in [-0.25, -0.2) is 13.2 Å². The summed E-state index contributed by atoms with van der Waals surface area (Å²) in [4.78, 5) is 11.9. The molecule has 0 heterocycles. The van der Waals surface area contributed by atoms with E-state index in [0.29, 0.717) is 0 Å². The van der Waals surface area contributed by atoms with Crippen LogP contribution in [0.4, 0.5) is 13.2 Å². The van der Waals surface area contributed by atoms with Gasteiger partial charge in [0.15, 0.2) is 17.5 Å². The number of carbonyl (C=O) groups is 1. The van der Waals surface area contributed by atoms with Gasteiger partial charge in [-0.3, -0.25) is 4.79 Å². The summed E-state index contributed by atoms with van der Waals surface area (Å²) in [6.07, 6.45) is 0.